The summed E-state index contributed by atoms with van der Waals surface area (Å²) in [5.74, 6) is 1.85. The molecule has 1 unspecified atom stereocenters. The minimum atomic E-state index is -0.0794. The zero-order chi connectivity index (χ0) is 15.6. The Morgan fingerprint density at radius 2 is 2.23 bits per heavy atom. The molecule has 1 N–H and O–H groups in total. The third-order valence-electron chi connectivity index (χ3n) is 4.66. The molecule has 2 aliphatic rings. The molecule has 6 nitrogen and oxygen atoms in total. The SMILES string of the molecule is CC(=O)NC1CCOC2(CCN(c3ccnc(C)n3)CC2)C1. The first kappa shape index (κ1) is 15.2. The highest BCUT2D eigenvalue weighted by Crippen LogP contribution is 2.36. The van der Waals surface area contributed by atoms with Gasteiger partial charge in [0.2, 0.25) is 5.91 Å². The van der Waals surface area contributed by atoms with Crippen molar-refractivity contribution in [1.82, 2.24) is 15.3 Å². The van der Waals surface area contributed by atoms with Crippen molar-refractivity contribution in [3.63, 3.8) is 0 Å². The number of amides is 1. The molecule has 1 spiro atoms. The molecule has 1 aromatic rings. The van der Waals surface area contributed by atoms with Crippen LogP contribution in [0.1, 0.15) is 38.4 Å². The zero-order valence-electron chi connectivity index (χ0n) is 13.3. The molecule has 3 rings (SSSR count). The molecule has 120 valence electrons. The highest BCUT2D eigenvalue weighted by atomic mass is 16.5. The average molecular weight is 304 g/mol. The normalized spacial score (nSPS) is 24.3. The molecule has 1 amide bonds. The summed E-state index contributed by atoms with van der Waals surface area (Å²) in [6.07, 6.45) is 5.60. The first-order valence-electron chi connectivity index (χ1n) is 8.02. The number of anilines is 1. The number of hydrogen-bond donors (Lipinski definition) is 1. The molecule has 6 heteroatoms. The number of piperidine rings is 1. The maximum absolute atomic E-state index is 11.3. The second-order valence-corrected chi connectivity index (χ2v) is 6.37. The lowest BCUT2D eigenvalue weighted by molar-refractivity contribution is -0.125. The van der Waals surface area contributed by atoms with Crippen LogP contribution in [0.25, 0.3) is 0 Å². The van der Waals surface area contributed by atoms with E-state index in [9.17, 15) is 4.79 Å². The second kappa shape index (κ2) is 6.20. The van der Waals surface area contributed by atoms with Gasteiger partial charge in [-0.15, -0.1) is 0 Å². The average Bonchev–Trinajstić information content (AvgIpc) is 2.47. The summed E-state index contributed by atoms with van der Waals surface area (Å²) >= 11 is 0. The summed E-state index contributed by atoms with van der Waals surface area (Å²) < 4.78 is 6.12. The van der Waals surface area contributed by atoms with Crippen LogP contribution >= 0.6 is 0 Å². The zero-order valence-corrected chi connectivity index (χ0v) is 13.3. The standard InChI is InChI=1S/C16H24N4O2/c1-12-17-7-3-15(18-12)20-8-5-16(6-9-20)11-14(4-10-22-16)19-13(2)21/h3,7,14H,4-6,8-11H2,1-2H3,(H,19,21). The van der Waals surface area contributed by atoms with E-state index in [1.807, 2.05) is 19.2 Å². The molecular formula is C16H24N4O2. The fourth-order valence-corrected chi connectivity index (χ4v) is 3.55. The van der Waals surface area contributed by atoms with E-state index in [0.29, 0.717) is 0 Å². The smallest absolute Gasteiger partial charge is 0.217 e. The third-order valence-corrected chi connectivity index (χ3v) is 4.66. The van der Waals surface area contributed by atoms with Gasteiger partial charge in [-0.2, -0.15) is 0 Å². The van der Waals surface area contributed by atoms with E-state index in [0.717, 1.165) is 57.0 Å². The lowest BCUT2D eigenvalue weighted by Crippen LogP contribution is -2.53. The van der Waals surface area contributed by atoms with E-state index in [-0.39, 0.29) is 17.6 Å². The molecule has 3 heterocycles. The predicted molar refractivity (Wildman–Crippen MR) is 83.7 cm³/mol. The van der Waals surface area contributed by atoms with Gasteiger partial charge in [0, 0.05) is 38.9 Å². The summed E-state index contributed by atoms with van der Waals surface area (Å²) in [7, 11) is 0. The molecule has 22 heavy (non-hydrogen) atoms. The van der Waals surface area contributed by atoms with Gasteiger partial charge in [0.15, 0.2) is 0 Å². The lowest BCUT2D eigenvalue weighted by atomic mass is 9.82. The van der Waals surface area contributed by atoms with Gasteiger partial charge in [0.1, 0.15) is 11.6 Å². The molecule has 0 bridgehead atoms. The van der Waals surface area contributed by atoms with Gasteiger partial charge in [-0.3, -0.25) is 4.79 Å². The maximum Gasteiger partial charge on any atom is 0.217 e. The van der Waals surface area contributed by atoms with Gasteiger partial charge < -0.3 is 15.0 Å². The summed E-state index contributed by atoms with van der Waals surface area (Å²) in [5.41, 5.74) is -0.0794. The van der Waals surface area contributed by atoms with E-state index in [4.69, 9.17) is 4.74 Å². The monoisotopic (exact) mass is 304 g/mol. The topological polar surface area (TPSA) is 67.3 Å². The Morgan fingerprint density at radius 1 is 1.45 bits per heavy atom. The van der Waals surface area contributed by atoms with Crippen LogP contribution in [0.5, 0.6) is 0 Å². The van der Waals surface area contributed by atoms with E-state index < -0.39 is 0 Å². The molecule has 0 aromatic carbocycles. The van der Waals surface area contributed by atoms with Crippen molar-refractivity contribution in [2.45, 2.75) is 51.2 Å². The van der Waals surface area contributed by atoms with Crippen molar-refractivity contribution >= 4 is 11.7 Å². The van der Waals surface area contributed by atoms with Crippen molar-refractivity contribution < 1.29 is 9.53 Å². The van der Waals surface area contributed by atoms with Crippen molar-refractivity contribution in [1.29, 1.82) is 0 Å². The Hall–Kier alpha value is -1.69. The number of aromatic nitrogens is 2. The third kappa shape index (κ3) is 3.38. The van der Waals surface area contributed by atoms with Gasteiger partial charge in [0.05, 0.1) is 5.60 Å². The van der Waals surface area contributed by atoms with Crippen LogP contribution in [0.2, 0.25) is 0 Å². The van der Waals surface area contributed by atoms with Gasteiger partial charge in [-0.1, -0.05) is 0 Å². The molecule has 2 fully saturated rings. The summed E-state index contributed by atoms with van der Waals surface area (Å²) in [4.78, 5) is 22.2. The van der Waals surface area contributed by atoms with E-state index in [1.54, 1.807) is 6.92 Å². The van der Waals surface area contributed by atoms with Gasteiger partial charge in [-0.05, 0) is 38.7 Å². The summed E-state index contributed by atoms with van der Waals surface area (Å²) in [5, 5.41) is 3.05. The Morgan fingerprint density at radius 3 is 2.91 bits per heavy atom. The minimum absolute atomic E-state index is 0.0518. The fourth-order valence-electron chi connectivity index (χ4n) is 3.55. The number of carbonyl (C=O) groups is 1. The minimum Gasteiger partial charge on any atom is -0.375 e. The van der Waals surface area contributed by atoms with Gasteiger partial charge in [0.25, 0.3) is 0 Å². The highest BCUT2D eigenvalue weighted by Gasteiger charge is 2.40. The lowest BCUT2D eigenvalue weighted by Gasteiger charge is -2.46. The molecule has 2 saturated heterocycles. The van der Waals surface area contributed by atoms with Crippen LogP contribution in [0.15, 0.2) is 12.3 Å². The Kier molecular flexibility index (Phi) is 4.29. The first-order chi connectivity index (χ1) is 10.6. The van der Waals surface area contributed by atoms with Crippen LogP contribution in [0, 0.1) is 6.92 Å². The van der Waals surface area contributed by atoms with Crippen LogP contribution in [0.3, 0.4) is 0 Å². The highest BCUT2D eigenvalue weighted by molar-refractivity contribution is 5.73. The summed E-state index contributed by atoms with van der Waals surface area (Å²) in [6.45, 7) is 6.10. The van der Waals surface area contributed by atoms with E-state index >= 15 is 0 Å². The largest absolute Gasteiger partial charge is 0.375 e. The molecule has 0 saturated carbocycles. The predicted octanol–water partition coefficient (Wildman–Crippen LogP) is 1.44. The Labute approximate surface area is 131 Å². The molecule has 0 radical (unpaired) electrons. The van der Waals surface area contributed by atoms with Crippen molar-refractivity contribution in [2.75, 3.05) is 24.6 Å². The molecule has 1 atom stereocenters. The Balaban J connectivity index is 1.62. The number of rotatable bonds is 2. The molecule has 1 aromatic heterocycles. The van der Waals surface area contributed by atoms with Crippen molar-refractivity contribution in [3.05, 3.63) is 18.1 Å². The van der Waals surface area contributed by atoms with E-state index in [1.165, 1.54) is 0 Å². The van der Waals surface area contributed by atoms with E-state index in [2.05, 4.69) is 20.2 Å². The summed E-state index contributed by atoms with van der Waals surface area (Å²) in [6, 6.07) is 2.21. The van der Waals surface area contributed by atoms with Crippen LogP contribution < -0.4 is 10.2 Å². The second-order valence-electron chi connectivity index (χ2n) is 6.37. The van der Waals surface area contributed by atoms with Crippen molar-refractivity contribution in [2.24, 2.45) is 0 Å². The Bertz CT molecular complexity index is 541. The van der Waals surface area contributed by atoms with Crippen LogP contribution in [0.4, 0.5) is 5.82 Å². The first-order valence-corrected chi connectivity index (χ1v) is 8.02. The maximum atomic E-state index is 11.3. The van der Waals surface area contributed by atoms with Crippen molar-refractivity contribution in [3.8, 4) is 0 Å². The van der Waals surface area contributed by atoms with Gasteiger partial charge in [-0.25, -0.2) is 9.97 Å². The fraction of sp³-hybridized carbons (Fsp3) is 0.688. The number of carbonyl (C=O) groups excluding carboxylic acids is 1. The molecule has 0 aliphatic carbocycles. The quantitative estimate of drug-likeness (QED) is 0.895. The number of ether oxygens (including phenoxy) is 1. The molecule has 2 aliphatic heterocycles. The number of nitrogens with zero attached hydrogens (tertiary/aromatic N) is 3. The van der Waals surface area contributed by atoms with Crippen LogP contribution in [-0.2, 0) is 9.53 Å². The number of hydrogen-bond acceptors (Lipinski definition) is 5. The number of aryl methyl sites for hydroxylation is 1. The van der Waals surface area contributed by atoms with Gasteiger partial charge >= 0.3 is 0 Å². The number of nitrogens with one attached hydrogen (secondary N) is 1. The van der Waals surface area contributed by atoms with Crippen LogP contribution in [-0.4, -0.2) is 47.2 Å². The molecular weight excluding hydrogens is 280 g/mol.